The SMILES string of the molecule is C=CCCCCCc1ccc(COC(=O)CC2=CC(=O)NC2=O)c(C)c1. The number of unbranched alkanes of at least 4 members (excludes halogenated alkanes) is 3. The highest BCUT2D eigenvalue weighted by Crippen LogP contribution is 2.16. The fourth-order valence-corrected chi connectivity index (χ4v) is 2.82. The third kappa shape index (κ3) is 5.99. The summed E-state index contributed by atoms with van der Waals surface area (Å²) in [5.41, 5.74) is 3.44. The van der Waals surface area contributed by atoms with Gasteiger partial charge in [0.05, 0.1) is 6.42 Å². The van der Waals surface area contributed by atoms with Gasteiger partial charge in [-0.2, -0.15) is 0 Å². The number of hydrogen-bond acceptors (Lipinski definition) is 4. The molecule has 2 amide bonds. The molecule has 0 atom stereocenters. The predicted molar refractivity (Wildman–Crippen MR) is 99.2 cm³/mol. The number of rotatable bonds is 10. The molecule has 1 heterocycles. The fraction of sp³-hybridized carbons (Fsp3) is 0.381. The first-order valence-corrected chi connectivity index (χ1v) is 8.90. The molecular weight excluding hydrogens is 330 g/mol. The average Bonchev–Trinajstić information content (AvgIpc) is 2.91. The molecule has 26 heavy (non-hydrogen) atoms. The highest BCUT2D eigenvalue weighted by Gasteiger charge is 2.23. The first-order chi connectivity index (χ1) is 12.5. The zero-order valence-corrected chi connectivity index (χ0v) is 15.2. The maximum absolute atomic E-state index is 11.9. The van der Waals surface area contributed by atoms with Gasteiger partial charge in [0.25, 0.3) is 11.8 Å². The molecule has 0 aliphatic carbocycles. The van der Waals surface area contributed by atoms with E-state index in [0.717, 1.165) is 36.5 Å². The van der Waals surface area contributed by atoms with Gasteiger partial charge in [0.1, 0.15) is 6.61 Å². The predicted octanol–water partition coefficient (Wildman–Crippen LogP) is 3.30. The minimum atomic E-state index is -0.527. The number of hydrogen-bond donors (Lipinski definition) is 1. The summed E-state index contributed by atoms with van der Waals surface area (Å²) in [7, 11) is 0. The van der Waals surface area contributed by atoms with Crippen LogP contribution in [0.2, 0.25) is 0 Å². The van der Waals surface area contributed by atoms with Gasteiger partial charge >= 0.3 is 5.97 Å². The highest BCUT2D eigenvalue weighted by atomic mass is 16.5. The van der Waals surface area contributed by atoms with Crippen molar-refractivity contribution in [1.29, 1.82) is 0 Å². The normalized spacial score (nSPS) is 13.3. The molecule has 1 aliphatic heterocycles. The summed E-state index contributed by atoms with van der Waals surface area (Å²) >= 11 is 0. The first kappa shape index (κ1) is 19.6. The number of ether oxygens (including phenoxy) is 1. The third-order valence-electron chi connectivity index (χ3n) is 4.34. The molecule has 0 spiro atoms. The van der Waals surface area contributed by atoms with Gasteiger partial charge in [-0.25, -0.2) is 0 Å². The van der Waals surface area contributed by atoms with E-state index in [1.807, 2.05) is 19.1 Å². The molecule has 0 aromatic heterocycles. The zero-order chi connectivity index (χ0) is 18.9. The number of nitrogens with one attached hydrogen (secondary N) is 1. The highest BCUT2D eigenvalue weighted by molar-refractivity contribution is 6.17. The minimum absolute atomic E-state index is 0.142. The topological polar surface area (TPSA) is 72.5 Å². The summed E-state index contributed by atoms with van der Waals surface area (Å²) in [6.07, 6.45) is 8.52. The van der Waals surface area contributed by atoms with E-state index in [1.165, 1.54) is 18.4 Å². The molecule has 1 aliphatic rings. The number of carbonyl (C=O) groups is 3. The van der Waals surface area contributed by atoms with E-state index in [4.69, 9.17) is 4.74 Å². The van der Waals surface area contributed by atoms with Gasteiger partial charge in [-0.05, 0) is 49.3 Å². The Kier molecular flexibility index (Phi) is 7.33. The van der Waals surface area contributed by atoms with Crippen LogP contribution in [0.4, 0.5) is 0 Å². The van der Waals surface area contributed by atoms with Crippen molar-refractivity contribution in [1.82, 2.24) is 5.32 Å². The van der Waals surface area contributed by atoms with Gasteiger partial charge in [0.15, 0.2) is 0 Å². The number of aryl methyl sites for hydroxylation is 2. The van der Waals surface area contributed by atoms with Crippen LogP contribution in [0, 0.1) is 6.92 Å². The Labute approximate surface area is 154 Å². The van der Waals surface area contributed by atoms with Crippen molar-refractivity contribution in [3.8, 4) is 0 Å². The molecule has 0 saturated heterocycles. The lowest BCUT2D eigenvalue weighted by atomic mass is 10.0. The van der Waals surface area contributed by atoms with Crippen molar-refractivity contribution >= 4 is 17.8 Å². The molecule has 1 aromatic carbocycles. The van der Waals surface area contributed by atoms with E-state index < -0.39 is 17.8 Å². The van der Waals surface area contributed by atoms with Gasteiger partial charge < -0.3 is 4.74 Å². The van der Waals surface area contributed by atoms with Crippen LogP contribution in [0.3, 0.4) is 0 Å². The van der Waals surface area contributed by atoms with Crippen molar-refractivity contribution in [2.24, 2.45) is 0 Å². The summed E-state index contributed by atoms with van der Waals surface area (Å²) in [6.45, 7) is 5.89. The van der Waals surface area contributed by atoms with Gasteiger partial charge in [-0.15, -0.1) is 6.58 Å². The Hall–Kier alpha value is -2.69. The van der Waals surface area contributed by atoms with E-state index in [-0.39, 0.29) is 18.6 Å². The zero-order valence-electron chi connectivity index (χ0n) is 15.2. The van der Waals surface area contributed by atoms with Gasteiger partial charge in [-0.1, -0.05) is 30.7 Å². The molecule has 5 heteroatoms. The van der Waals surface area contributed by atoms with E-state index in [0.29, 0.717) is 0 Å². The molecule has 138 valence electrons. The largest absolute Gasteiger partial charge is 0.461 e. The lowest BCUT2D eigenvalue weighted by molar-refractivity contribution is -0.144. The Bertz CT molecular complexity index is 734. The number of imide groups is 1. The number of amides is 2. The van der Waals surface area contributed by atoms with Crippen LogP contribution in [-0.4, -0.2) is 17.8 Å². The number of allylic oxidation sites excluding steroid dienone is 1. The van der Waals surface area contributed by atoms with Crippen molar-refractivity contribution in [2.45, 2.75) is 52.1 Å². The summed E-state index contributed by atoms with van der Waals surface area (Å²) in [6, 6.07) is 6.17. The molecule has 1 N–H and O–H groups in total. The van der Waals surface area contributed by atoms with Crippen LogP contribution in [0.1, 0.15) is 48.8 Å². The van der Waals surface area contributed by atoms with Crippen molar-refractivity contribution in [3.05, 3.63) is 59.2 Å². The molecule has 0 unspecified atom stereocenters. The quantitative estimate of drug-likeness (QED) is 0.302. The Morgan fingerprint density at radius 3 is 2.69 bits per heavy atom. The van der Waals surface area contributed by atoms with Gasteiger partial charge in [-0.3, -0.25) is 19.7 Å². The van der Waals surface area contributed by atoms with E-state index >= 15 is 0 Å². The Morgan fingerprint density at radius 1 is 1.23 bits per heavy atom. The van der Waals surface area contributed by atoms with Crippen molar-refractivity contribution in [2.75, 3.05) is 0 Å². The molecular formula is C21H25NO4. The number of benzene rings is 1. The maximum atomic E-state index is 11.9. The summed E-state index contributed by atoms with van der Waals surface area (Å²) in [4.78, 5) is 34.4. The summed E-state index contributed by atoms with van der Waals surface area (Å²) < 4.78 is 5.24. The van der Waals surface area contributed by atoms with Crippen molar-refractivity contribution in [3.63, 3.8) is 0 Å². The van der Waals surface area contributed by atoms with Gasteiger partial charge in [0, 0.05) is 11.6 Å². The molecule has 0 bridgehead atoms. The summed E-state index contributed by atoms with van der Waals surface area (Å²) in [5, 5.41) is 2.11. The molecule has 0 radical (unpaired) electrons. The molecule has 2 rings (SSSR count). The van der Waals surface area contributed by atoms with Gasteiger partial charge in [0.2, 0.25) is 0 Å². The van der Waals surface area contributed by atoms with Crippen molar-refractivity contribution < 1.29 is 19.1 Å². The van der Waals surface area contributed by atoms with Crippen LogP contribution in [0.25, 0.3) is 0 Å². The molecule has 0 fully saturated rings. The van der Waals surface area contributed by atoms with Crippen LogP contribution >= 0.6 is 0 Å². The number of esters is 1. The maximum Gasteiger partial charge on any atom is 0.310 e. The Morgan fingerprint density at radius 2 is 2.04 bits per heavy atom. The second kappa shape index (κ2) is 9.70. The van der Waals surface area contributed by atoms with Crippen LogP contribution in [0.5, 0.6) is 0 Å². The monoisotopic (exact) mass is 355 g/mol. The minimum Gasteiger partial charge on any atom is -0.461 e. The van der Waals surface area contributed by atoms with Crippen LogP contribution in [0.15, 0.2) is 42.5 Å². The number of carbonyl (C=O) groups excluding carboxylic acids is 3. The van der Waals surface area contributed by atoms with Crippen LogP contribution in [-0.2, 0) is 32.1 Å². The smallest absolute Gasteiger partial charge is 0.310 e. The standard InChI is InChI=1S/C21H25NO4/c1-3-4-5-6-7-8-16-9-10-17(15(2)11-16)14-26-20(24)13-18-12-19(23)22-21(18)25/h3,9-12H,1,4-8,13-14H2,2H3,(H,22,23,25). The van der Waals surface area contributed by atoms with E-state index in [2.05, 4.69) is 24.0 Å². The third-order valence-corrected chi connectivity index (χ3v) is 4.34. The lowest BCUT2D eigenvalue weighted by Gasteiger charge is -2.10. The average molecular weight is 355 g/mol. The molecule has 0 saturated carbocycles. The second-order valence-corrected chi connectivity index (χ2v) is 6.47. The summed E-state index contributed by atoms with van der Waals surface area (Å²) in [5.74, 6) is -1.54. The van der Waals surface area contributed by atoms with E-state index in [9.17, 15) is 14.4 Å². The fourth-order valence-electron chi connectivity index (χ4n) is 2.82. The molecule has 5 nitrogen and oxygen atoms in total. The van der Waals surface area contributed by atoms with Crippen LogP contribution < -0.4 is 5.32 Å². The lowest BCUT2D eigenvalue weighted by Crippen LogP contribution is -2.23. The second-order valence-electron chi connectivity index (χ2n) is 6.47. The van der Waals surface area contributed by atoms with E-state index in [1.54, 1.807) is 0 Å². The molecule has 1 aromatic rings. The first-order valence-electron chi connectivity index (χ1n) is 8.90. The Balaban J connectivity index is 1.79.